The Kier molecular flexibility index (Phi) is 4.72. The van der Waals surface area contributed by atoms with Crippen molar-refractivity contribution >= 4 is 5.82 Å². The first-order valence-electron chi connectivity index (χ1n) is 7.17. The van der Waals surface area contributed by atoms with E-state index in [4.69, 9.17) is 5.73 Å². The fourth-order valence-electron chi connectivity index (χ4n) is 2.88. The Morgan fingerprint density at radius 3 is 2.95 bits per heavy atom. The third kappa shape index (κ3) is 3.16. The average Bonchev–Trinajstić information content (AvgIpc) is 2.79. The molecule has 2 N–H and O–H groups in total. The normalized spacial score (nSPS) is 23.9. The third-order valence-corrected chi connectivity index (χ3v) is 4.26. The van der Waals surface area contributed by atoms with E-state index in [0.29, 0.717) is 24.3 Å². The van der Waals surface area contributed by atoms with Crippen molar-refractivity contribution in [2.24, 2.45) is 11.7 Å². The molecular weight excluding hydrogens is 258 g/mol. The van der Waals surface area contributed by atoms with E-state index < -0.39 is 0 Å². The summed E-state index contributed by atoms with van der Waals surface area (Å²) in [5.41, 5.74) is 6.10. The smallest absolute Gasteiger partial charge is 0.342 e. The van der Waals surface area contributed by atoms with Gasteiger partial charge in [0.2, 0.25) is 0 Å². The zero-order valence-corrected chi connectivity index (χ0v) is 12.2. The second kappa shape index (κ2) is 6.32. The molecule has 7 heteroatoms. The van der Waals surface area contributed by atoms with E-state index in [9.17, 15) is 10.1 Å². The molecule has 2 unspecified atom stereocenters. The van der Waals surface area contributed by atoms with Crippen LogP contribution in [0.2, 0.25) is 0 Å². The van der Waals surface area contributed by atoms with Crippen molar-refractivity contribution in [2.75, 3.05) is 19.6 Å². The highest BCUT2D eigenvalue weighted by atomic mass is 16.6. The predicted molar refractivity (Wildman–Crippen MR) is 76.4 cm³/mol. The number of imidazole rings is 1. The fourth-order valence-corrected chi connectivity index (χ4v) is 2.88. The van der Waals surface area contributed by atoms with Crippen LogP contribution in [0.3, 0.4) is 0 Å². The van der Waals surface area contributed by atoms with Gasteiger partial charge in [-0.2, -0.15) is 0 Å². The van der Waals surface area contributed by atoms with E-state index in [1.807, 2.05) is 0 Å². The molecule has 0 spiro atoms. The van der Waals surface area contributed by atoms with Gasteiger partial charge in [-0.05, 0) is 23.8 Å². The number of rotatable bonds is 5. The van der Waals surface area contributed by atoms with Crippen LogP contribution in [0, 0.1) is 23.0 Å². The lowest BCUT2D eigenvalue weighted by Gasteiger charge is -2.36. The second-order valence-electron chi connectivity index (χ2n) is 5.49. The molecule has 1 saturated heterocycles. The minimum atomic E-state index is -0.374. The minimum Gasteiger partial charge on any atom is -0.358 e. The number of aromatic nitrogens is 2. The molecule has 0 aliphatic carbocycles. The Morgan fingerprint density at radius 1 is 1.55 bits per heavy atom. The van der Waals surface area contributed by atoms with Gasteiger partial charge in [0.25, 0.3) is 0 Å². The maximum atomic E-state index is 10.9. The molecule has 1 aromatic rings. The summed E-state index contributed by atoms with van der Waals surface area (Å²) in [7, 11) is 0. The minimum absolute atomic E-state index is 0.0725. The van der Waals surface area contributed by atoms with Gasteiger partial charge in [0.05, 0.1) is 0 Å². The topological polar surface area (TPSA) is 90.2 Å². The number of piperidine rings is 1. The number of nitrogens with two attached hydrogens (primary N) is 1. The van der Waals surface area contributed by atoms with Gasteiger partial charge in [-0.15, -0.1) is 0 Å². The largest absolute Gasteiger partial charge is 0.358 e. The van der Waals surface area contributed by atoms with Crippen LogP contribution in [0.25, 0.3) is 0 Å². The lowest BCUT2D eigenvalue weighted by atomic mass is 9.91. The van der Waals surface area contributed by atoms with Crippen molar-refractivity contribution in [3.05, 3.63) is 22.1 Å². The molecule has 20 heavy (non-hydrogen) atoms. The average molecular weight is 281 g/mol. The van der Waals surface area contributed by atoms with Gasteiger partial charge in [0.1, 0.15) is 12.7 Å². The van der Waals surface area contributed by atoms with Crippen molar-refractivity contribution in [1.29, 1.82) is 0 Å². The van der Waals surface area contributed by atoms with Crippen LogP contribution in [0.15, 0.2) is 6.20 Å². The lowest BCUT2D eigenvalue weighted by Crippen LogP contribution is -2.47. The SMILES string of the molecule is CCC1CN(CCn2c([N+](=O)[O-])cnc2C)CCC1N. The fraction of sp³-hybridized carbons (Fsp3) is 0.769. The molecule has 1 aliphatic heterocycles. The van der Waals surface area contributed by atoms with Crippen molar-refractivity contribution in [1.82, 2.24) is 14.5 Å². The van der Waals surface area contributed by atoms with Crippen molar-refractivity contribution in [2.45, 2.75) is 39.3 Å². The van der Waals surface area contributed by atoms with Crippen LogP contribution in [0.4, 0.5) is 5.82 Å². The summed E-state index contributed by atoms with van der Waals surface area (Å²) in [6, 6.07) is 0.292. The summed E-state index contributed by atoms with van der Waals surface area (Å²) in [5.74, 6) is 1.29. The van der Waals surface area contributed by atoms with E-state index in [2.05, 4.69) is 16.8 Å². The Bertz CT molecular complexity index is 473. The number of hydrogen-bond acceptors (Lipinski definition) is 5. The van der Waals surface area contributed by atoms with Crippen LogP contribution in [-0.2, 0) is 6.54 Å². The molecule has 1 fully saturated rings. The summed E-state index contributed by atoms with van der Waals surface area (Å²) in [6.45, 7) is 7.33. The van der Waals surface area contributed by atoms with Crippen LogP contribution >= 0.6 is 0 Å². The van der Waals surface area contributed by atoms with Crippen LogP contribution < -0.4 is 5.73 Å². The lowest BCUT2D eigenvalue weighted by molar-refractivity contribution is -0.392. The standard InChI is InChI=1S/C13H23N5O2/c1-3-11-9-16(5-4-12(11)14)6-7-17-10(2)15-8-13(17)18(19)20/h8,11-12H,3-7,9,14H2,1-2H3. The van der Waals surface area contributed by atoms with Crippen LogP contribution in [0.5, 0.6) is 0 Å². The van der Waals surface area contributed by atoms with Gasteiger partial charge in [-0.3, -0.25) is 4.90 Å². The van der Waals surface area contributed by atoms with Gasteiger partial charge in [0, 0.05) is 26.1 Å². The number of hydrogen-bond donors (Lipinski definition) is 1. The molecule has 2 atom stereocenters. The highest BCUT2D eigenvalue weighted by Gasteiger charge is 2.26. The molecule has 7 nitrogen and oxygen atoms in total. The maximum Gasteiger partial charge on any atom is 0.342 e. The molecule has 1 aliphatic rings. The molecule has 0 bridgehead atoms. The van der Waals surface area contributed by atoms with Crippen LogP contribution in [-0.4, -0.2) is 45.1 Å². The molecule has 0 aromatic carbocycles. The Labute approximate surface area is 118 Å². The molecule has 112 valence electrons. The first kappa shape index (κ1) is 14.9. The zero-order valence-electron chi connectivity index (χ0n) is 12.2. The molecule has 0 saturated carbocycles. The van der Waals surface area contributed by atoms with Gasteiger partial charge in [-0.25, -0.2) is 9.55 Å². The van der Waals surface area contributed by atoms with E-state index in [-0.39, 0.29) is 10.7 Å². The van der Waals surface area contributed by atoms with E-state index in [0.717, 1.165) is 32.5 Å². The molecule has 2 heterocycles. The Hall–Kier alpha value is -1.47. The first-order chi connectivity index (χ1) is 9.52. The molecule has 2 rings (SSSR count). The van der Waals surface area contributed by atoms with Crippen LogP contribution in [0.1, 0.15) is 25.6 Å². The Balaban J connectivity index is 1.96. The predicted octanol–water partition coefficient (Wildman–Crippen LogP) is 1.16. The van der Waals surface area contributed by atoms with Gasteiger partial charge < -0.3 is 15.8 Å². The summed E-state index contributed by atoms with van der Waals surface area (Å²) in [5, 5.41) is 10.9. The number of nitrogens with zero attached hydrogens (tertiary/aromatic N) is 4. The van der Waals surface area contributed by atoms with Crippen molar-refractivity contribution < 1.29 is 4.92 Å². The molecule has 0 radical (unpaired) electrons. The van der Waals surface area contributed by atoms with E-state index >= 15 is 0 Å². The van der Waals surface area contributed by atoms with Crippen molar-refractivity contribution in [3.8, 4) is 0 Å². The van der Waals surface area contributed by atoms with Crippen molar-refractivity contribution in [3.63, 3.8) is 0 Å². The summed E-state index contributed by atoms with van der Waals surface area (Å²) in [6.07, 6.45) is 3.42. The van der Waals surface area contributed by atoms with E-state index in [1.54, 1.807) is 11.5 Å². The highest BCUT2D eigenvalue weighted by Crippen LogP contribution is 2.19. The molecule has 0 amide bonds. The van der Waals surface area contributed by atoms with E-state index in [1.165, 1.54) is 6.20 Å². The number of aryl methyl sites for hydroxylation is 1. The summed E-state index contributed by atoms with van der Waals surface area (Å²) in [4.78, 5) is 16.9. The quantitative estimate of drug-likeness (QED) is 0.646. The third-order valence-electron chi connectivity index (χ3n) is 4.26. The summed E-state index contributed by atoms with van der Waals surface area (Å²) < 4.78 is 1.68. The van der Waals surface area contributed by atoms with Gasteiger partial charge >= 0.3 is 5.82 Å². The zero-order chi connectivity index (χ0) is 14.7. The summed E-state index contributed by atoms with van der Waals surface area (Å²) >= 11 is 0. The second-order valence-corrected chi connectivity index (χ2v) is 5.49. The number of nitro groups is 1. The molecular formula is C13H23N5O2. The Morgan fingerprint density at radius 2 is 2.30 bits per heavy atom. The van der Waals surface area contributed by atoms with Gasteiger partial charge in [0.15, 0.2) is 5.82 Å². The first-order valence-corrected chi connectivity index (χ1v) is 7.17. The monoisotopic (exact) mass is 281 g/mol. The highest BCUT2D eigenvalue weighted by molar-refractivity contribution is 5.18. The molecule has 1 aromatic heterocycles. The van der Waals surface area contributed by atoms with Gasteiger partial charge in [-0.1, -0.05) is 13.3 Å². The number of likely N-dealkylation sites (tertiary alicyclic amines) is 1. The maximum absolute atomic E-state index is 10.9.